The standard InChI is InChI=1S/C13H12N2O5/c16-13(17)9-14(10-4-2-1-3-5-10)8-11-6-7-12(20-11)15(18)19/h1-7H,8-9H2,(H,16,17). The van der Waals surface area contributed by atoms with Gasteiger partial charge in [-0.25, -0.2) is 0 Å². The Morgan fingerprint density at radius 3 is 2.50 bits per heavy atom. The molecule has 0 saturated carbocycles. The van der Waals surface area contributed by atoms with Crippen molar-refractivity contribution in [2.45, 2.75) is 6.54 Å². The smallest absolute Gasteiger partial charge is 0.433 e. The zero-order chi connectivity index (χ0) is 14.5. The highest BCUT2D eigenvalue weighted by atomic mass is 16.6. The van der Waals surface area contributed by atoms with Crippen LogP contribution >= 0.6 is 0 Å². The van der Waals surface area contributed by atoms with Crippen molar-refractivity contribution in [3.05, 3.63) is 58.3 Å². The summed E-state index contributed by atoms with van der Waals surface area (Å²) in [6.45, 7) is -0.0807. The van der Waals surface area contributed by atoms with E-state index in [-0.39, 0.29) is 19.0 Å². The Balaban J connectivity index is 2.19. The predicted molar refractivity (Wildman–Crippen MR) is 70.5 cm³/mol. The van der Waals surface area contributed by atoms with Crippen LogP contribution in [0, 0.1) is 10.1 Å². The second kappa shape index (κ2) is 5.87. The summed E-state index contributed by atoms with van der Waals surface area (Å²) < 4.78 is 5.04. The Kier molecular flexibility index (Phi) is 3.99. The molecule has 0 bridgehead atoms. The molecule has 0 aliphatic carbocycles. The summed E-state index contributed by atoms with van der Waals surface area (Å²) >= 11 is 0. The van der Waals surface area contributed by atoms with Crippen molar-refractivity contribution < 1.29 is 19.2 Å². The molecule has 2 aromatic rings. The van der Waals surface area contributed by atoms with Gasteiger partial charge in [0, 0.05) is 5.69 Å². The summed E-state index contributed by atoms with van der Waals surface area (Å²) in [6, 6.07) is 11.6. The number of benzene rings is 1. The highest BCUT2D eigenvalue weighted by Gasteiger charge is 2.16. The normalized spacial score (nSPS) is 10.2. The molecule has 0 amide bonds. The molecule has 0 spiro atoms. The van der Waals surface area contributed by atoms with E-state index < -0.39 is 10.9 Å². The fourth-order valence-electron chi connectivity index (χ4n) is 1.78. The van der Waals surface area contributed by atoms with Crippen LogP contribution in [0.1, 0.15) is 5.76 Å². The highest BCUT2D eigenvalue weighted by molar-refractivity contribution is 5.73. The lowest BCUT2D eigenvalue weighted by molar-refractivity contribution is -0.402. The molecule has 0 radical (unpaired) electrons. The summed E-state index contributed by atoms with van der Waals surface area (Å²) in [6.07, 6.45) is 0. The average molecular weight is 276 g/mol. The van der Waals surface area contributed by atoms with E-state index in [1.165, 1.54) is 12.1 Å². The van der Waals surface area contributed by atoms with Crippen LogP contribution in [-0.2, 0) is 11.3 Å². The zero-order valence-electron chi connectivity index (χ0n) is 10.4. The lowest BCUT2D eigenvalue weighted by Crippen LogP contribution is -2.28. The summed E-state index contributed by atoms with van der Waals surface area (Å²) in [7, 11) is 0. The number of nitrogens with zero attached hydrogens (tertiary/aromatic N) is 2. The second-order valence-corrected chi connectivity index (χ2v) is 4.08. The van der Waals surface area contributed by atoms with E-state index in [1.54, 1.807) is 29.2 Å². The molecule has 20 heavy (non-hydrogen) atoms. The van der Waals surface area contributed by atoms with Crippen molar-refractivity contribution in [1.29, 1.82) is 0 Å². The third-order valence-electron chi connectivity index (χ3n) is 2.62. The van der Waals surface area contributed by atoms with Crippen molar-refractivity contribution >= 4 is 17.5 Å². The van der Waals surface area contributed by atoms with E-state index >= 15 is 0 Å². The van der Waals surface area contributed by atoms with Crippen molar-refractivity contribution in [3.63, 3.8) is 0 Å². The summed E-state index contributed by atoms with van der Waals surface area (Å²) in [5.41, 5.74) is 0.703. The van der Waals surface area contributed by atoms with Crippen molar-refractivity contribution in [2.75, 3.05) is 11.4 Å². The summed E-state index contributed by atoms with van der Waals surface area (Å²) in [5.74, 6) is -1.01. The topological polar surface area (TPSA) is 96.8 Å². The number of nitro groups is 1. The number of furan rings is 1. The molecule has 7 heteroatoms. The molecule has 1 aromatic carbocycles. The van der Waals surface area contributed by atoms with E-state index in [0.29, 0.717) is 11.4 Å². The zero-order valence-corrected chi connectivity index (χ0v) is 10.4. The number of carboxylic acids is 1. The number of rotatable bonds is 6. The Bertz CT molecular complexity index is 608. The molecule has 0 unspecified atom stereocenters. The molecule has 7 nitrogen and oxygen atoms in total. The molecule has 0 atom stereocenters. The number of para-hydroxylation sites is 1. The predicted octanol–water partition coefficient (Wildman–Crippen LogP) is 2.28. The Morgan fingerprint density at radius 1 is 1.25 bits per heavy atom. The number of carbonyl (C=O) groups is 1. The van der Waals surface area contributed by atoms with Gasteiger partial charge in [-0.2, -0.15) is 0 Å². The van der Waals surface area contributed by atoms with Crippen LogP contribution in [0.15, 0.2) is 46.9 Å². The largest absolute Gasteiger partial charge is 0.480 e. The van der Waals surface area contributed by atoms with Gasteiger partial charge in [0.1, 0.15) is 17.2 Å². The van der Waals surface area contributed by atoms with Gasteiger partial charge in [-0.1, -0.05) is 18.2 Å². The maximum atomic E-state index is 10.9. The average Bonchev–Trinajstić information content (AvgIpc) is 2.87. The van der Waals surface area contributed by atoms with E-state index in [2.05, 4.69) is 0 Å². The van der Waals surface area contributed by atoms with Crippen LogP contribution in [0.2, 0.25) is 0 Å². The van der Waals surface area contributed by atoms with Crippen molar-refractivity contribution in [1.82, 2.24) is 0 Å². The first-order chi connectivity index (χ1) is 9.56. The minimum atomic E-state index is -0.991. The van der Waals surface area contributed by atoms with Gasteiger partial charge < -0.3 is 14.4 Å². The van der Waals surface area contributed by atoms with Gasteiger partial charge in [0.15, 0.2) is 0 Å². The van der Waals surface area contributed by atoms with E-state index in [4.69, 9.17) is 9.52 Å². The third-order valence-corrected chi connectivity index (χ3v) is 2.62. The van der Waals surface area contributed by atoms with Gasteiger partial charge in [0.05, 0.1) is 12.6 Å². The van der Waals surface area contributed by atoms with Crippen molar-refractivity contribution in [3.8, 4) is 0 Å². The molecule has 0 aliphatic heterocycles. The van der Waals surface area contributed by atoms with Gasteiger partial charge >= 0.3 is 11.9 Å². The summed E-state index contributed by atoms with van der Waals surface area (Å²) in [4.78, 5) is 22.4. The van der Waals surface area contributed by atoms with E-state index in [9.17, 15) is 14.9 Å². The highest BCUT2D eigenvalue weighted by Crippen LogP contribution is 2.20. The molecule has 1 aromatic heterocycles. The SMILES string of the molecule is O=C(O)CN(Cc1ccc([N+](=O)[O-])o1)c1ccccc1. The maximum absolute atomic E-state index is 10.9. The number of carboxylic acid groups (broad SMARTS) is 1. The number of hydrogen-bond acceptors (Lipinski definition) is 5. The lowest BCUT2D eigenvalue weighted by Gasteiger charge is -2.21. The fourth-order valence-corrected chi connectivity index (χ4v) is 1.78. The first kappa shape index (κ1) is 13.6. The van der Waals surface area contributed by atoms with Gasteiger partial charge in [0.2, 0.25) is 0 Å². The van der Waals surface area contributed by atoms with Gasteiger partial charge in [-0.05, 0) is 18.2 Å². The van der Waals surface area contributed by atoms with Crippen molar-refractivity contribution in [2.24, 2.45) is 0 Å². The van der Waals surface area contributed by atoms with E-state index in [0.717, 1.165) is 0 Å². The van der Waals surface area contributed by atoms with Crippen LogP contribution in [0.4, 0.5) is 11.6 Å². The molecule has 0 saturated heterocycles. The molecule has 0 aliphatic rings. The molecular weight excluding hydrogens is 264 g/mol. The second-order valence-electron chi connectivity index (χ2n) is 4.08. The van der Waals surface area contributed by atoms with Crippen LogP contribution in [0.3, 0.4) is 0 Å². The van der Waals surface area contributed by atoms with Crippen LogP contribution in [0.25, 0.3) is 0 Å². The minimum absolute atomic E-state index is 0.143. The monoisotopic (exact) mass is 276 g/mol. The molecule has 1 heterocycles. The molecule has 1 N–H and O–H groups in total. The Morgan fingerprint density at radius 2 is 1.95 bits per heavy atom. The van der Waals surface area contributed by atoms with Gasteiger partial charge in [-0.3, -0.25) is 14.9 Å². The van der Waals surface area contributed by atoms with Crippen LogP contribution < -0.4 is 4.90 Å². The Hall–Kier alpha value is -2.83. The molecule has 2 rings (SSSR count). The molecule has 0 fully saturated rings. The first-order valence-corrected chi connectivity index (χ1v) is 5.81. The number of hydrogen-bond donors (Lipinski definition) is 1. The number of anilines is 1. The fraction of sp³-hybridized carbons (Fsp3) is 0.154. The van der Waals surface area contributed by atoms with Gasteiger partial charge in [-0.15, -0.1) is 0 Å². The number of aliphatic carboxylic acids is 1. The van der Waals surface area contributed by atoms with E-state index in [1.807, 2.05) is 6.07 Å². The summed E-state index contributed by atoms with van der Waals surface area (Å²) in [5, 5.41) is 19.5. The third kappa shape index (κ3) is 3.35. The minimum Gasteiger partial charge on any atom is -0.480 e. The lowest BCUT2D eigenvalue weighted by atomic mass is 10.2. The van der Waals surface area contributed by atoms with Gasteiger partial charge in [0.25, 0.3) is 0 Å². The van der Waals surface area contributed by atoms with Crippen LogP contribution in [0.5, 0.6) is 0 Å². The first-order valence-electron chi connectivity index (χ1n) is 5.81. The maximum Gasteiger partial charge on any atom is 0.433 e. The molecule has 104 valence electrons. The van der Waals surface area contributed by atoms with Crippen LogP contribution in [-0.4, -0.2) is 22.5 Å². The Labute approximate surface area is 114 Å². The molecular formula is C13H12N2O5. The quantitative estimate of drug-likeness (QED) is 0.642.